The van der Waals surface area contributed by atoms with Crippen molar-refractivity contribution in [2.75, 3.05) is 5.06 Å². The third-order valence-corrected chi connectivity index (χ3v) is 1.18. The van der Waals surface area contributed by atoms with Gasteiger partial charge in [-0.1, -0.05) is 23.4 Å². The molecule has 1 rings (SSSR count). The topological polar surface area (TPSA) is 56.1 Å². The van der Waals surface area contributed by atoms with Gasteiger partial charge in [-0.05, 0) is 12.1 Å². The van der Waals surface area contributed by atoms with Gasteiger partial charge < -0.3 is 5.21 Å². The summed E-state index contributed by atoms with van der Waals surface area (Å²) >= 11 is 0. The third kappa shape index (κ3) is 1.94. The van der Waals surface area contributed by atoms with Crippen molar-refractivity contribution in [1.82, 2.24) is 0 Å². The normalized spacial score (nSPS) is 10.3. The van der Waals surface area contributed by atoms with Crippen LogP contribution in [0.25, 0.3) is 0 Å². The molecule has 0 saturated carbocycles. The molecule has 0 aliphatic carbocycles. The second-order valence-electron chi connectivity index (χ2n) is 1.91. The summed E-state index contributed by atoms with van der Waals surface area (Å²) in [5.74, 6) is 0. The molecule has 0 unspecified atom stereocenters. The molecule has 0 atom stereocenters. The number of benzene rings is 1. The fraction of sp³-hybridized carbons (Fsp3) is 0. The molecule has 0 aromatic heterocycles. The summed E-state index contributed by atoms with van der Waals surface area (Å²) in [6.07, 6.45) is 0.898. The Labute approximate surface area is 63.9 Å². The minimum Gasteiger partial charge on any atom is -0.410 e. The molecule has 0 saturated heterocycles. The summed E-state index contributed by atoms with van der Waals surface area (Å²) in [6, 6.07) is 8.73. The van der Waals surface area contributed by atoms with Crippen LogP contribution in [0.2, 0.25) is 0 Å². The van der Waals surface area contributed by atoms with Gasteiger partial charge in [0.1, 0.15) is 0 Å². The highest BCUT2D eigenvalue weighted by Gasteiger charge is 1.95. The summed E-state index contributed by atoms with van der Waals surface area (Å²) < 4.78 is 0. The molecule has 0 bridgehead atoms. The molecular weight excluding hydrogens is 144 g/mol. The summed E-state index contributed by atoms with van der Waals surface area (Å²) in [6.45, 7) is 0. The summed E-state index contributed by atoms with van der Waals surface area (Å²) in [5, 5.41) is 20.5. The second-order valence-corrected chi connectivity index (χ2v) is 1.91. The first kappa shape index (κ1) is 7.56. The van der Waals surface area contributed by atoms with Gasteiger partial charge in [0.15, 0.2) is 6.34 Å². The molecule has 1 aromatic carbocycles. The summed E-state index contributed by atoms with van der Waals surface area (Å²) in [7, 11) is 0. The molecule has 0 fully saturated rings. The maximum absolute atomic E-state index is 9.04. The van der Waals surface area contributed by atoms with E-state index in [0.717, 1.165) is 11.4 Å². The van der Waals surface area contributed by atoms with Crippen LogP contribution in [0.1, 0.15) is 0 Å². The van der Waals surface area contributed by atoms with E-state index in [1.165, 1.54) is 0 Å². The van der Waals surface area contributed by atoms with Gasteiger partial charge in [-0.3, -0.25) is 5.21 Å². The van der Waals surface area contributed by atoms with Crippen molar-refractivity contribution < 1.29 is 10.4 Å². The lowest BCUT2D eigenvalue weighted by atomic mass is 10.3. The van der Waals surface area contributed by atoms with Gasteiger partial charge in [0, 0.05) is 0 Å². The zero-order valence-electron chi connectivity index (χ0n) is 5.75. The van der Waals surface area contributed by atoms with Crippen LogP contribution >= 0.6 is 0 Å². The van der Waals surface area contributed by atoms with E-state index in [4.69, 9.17) is 10.4 Å². The molecule has 0 radical (unpaired) electrons. The lowest BCUT2D eigenvalue weighted by molar-refractivity contribution is 0.291. The lowest BCUT2D eigenvalue weighted by Crippen LogP contribution is -2.14. The standard InChI is InChI=1S/C7H8N2O2/c10-8-6-9(11)7-4-2-1-3-5-7/h1-6,10-11H. The monoisotopic (exact) mass is 152 g/mol. The lowest BCUT2D eigenvalue weighted by Gasteiger charge is -2.08. The Hall–Kier alpha value is -1.55. The average molecular weight is 152 g/mol. The van der Waals surface area contributed by atoms with Crippen LogP contribution in [0.15, 0.2) is 35.5 Å². The maximum Gasteiger partial charge on any atom is 0.160 e. The largest absolute Gasteiger partial charge is 0.410 e. The highest BCUT2D eigenvalue weighted by atomic mass is 16.5. The Kier molecular flexibility index (Phi) is 2.46. The van der Waals surface area contributed by atoms with Crippen LogP contribution in [-0.2, 0) is 0 Å². The first-order valence-electron chi connectivity index (χ1n) is 3.05. The van der Waals surface area contributed by atoms with Gasteiger partial charge in [-0.2, -0.15) is 0 Å². The smallest absolute Gasteiger partial charge is 0.160 e. The molecule has 58 valence electrons. The van der Waals surface area contributed by atoms with Gasteiger partial charge in [-0.15, -0.1) is 0 Å². The fourth-order valence-corrected chi connectivity index (χ4v) is 0.696. The van der Waals surface area contributed by atoms with Crippen LogP contribution in [0.4, 0.5) is 5.69 Å². The number of anilines is 1. The number of hydroxylamine groups is 1. The van der Waals surface area contributed by atoms with Crippen molar-refractivity contribution in [2.45, 2.75) is 0 Å². The minimum atomic E-state index is 0.547. The third-order valence-electron chi connectivity index (χ3n) is 1.18. The van der Waals surface area contributed by atoms with Crippen molar-refractivity contribution in [2.24, 2.45) is 5.16 Å². The van der Waals surface area contributed by atoms with Crippen LogP contribution in [0.5, 0.6) is 0 Å². The Morgan fingerprint density at radius 1 is 1.27 bits per heavy atom. The van der Waals surface area contributed by atoms with E-state index in [1.54, 1.807) is 24.3 Å². The molecule has 11 heavy (non-hydrogen) atoms. The Morgan fingerprint density at radius 3 is 2.45 bits per heavy atom. The number of hydrogen-bond donors (Lipinski definition) is 2. The van der Waals surface area contributed by atoms with Crippen LogP contribution in [0.3, 0.4) is 0 Å². The molecule has 4 nitrogen and oxygen atoms in total. The summed E-state index contributed by atoms with van der Waals surface area (Å²) in [5.41, 5.74) is 0.547. The van der Waals surface area contributed by atoms with Crippen LogP contribution in [0, 0.1) is 0 Å². The fourth-order valence-electron chi connectivity index (χ4n) is 0.696. The van der Waals surface area contributed by atoms with Gasteiger partial charge in [0.05, 0.1) is 5.69 Å². The molecular formula is C7H8N2O2. The Bertz CT molecular complexity index is 235. The van der Waals surface area contributed by atoms with Gasteiger partial charge in [0.25, 0.3) is 0 Å². The second kappa shape index (κ2) is 3.58. The van der Waals surface area contributed by atoms with E-state index in [0.29, 0.717) is 5.69 Å². The molecule has 2 N–H and O–H groups in total. The van der Waals surface area contributed by atoms with Crippen molar-refractivity contribution in [3.8, 4) is 0 Å². The Morgan fingerprint density at radius 2 is 1.91 bits per heavy atom. The van der Waals surface area contributed by atoms with Crippen molar-refractivity contribution in [1.29, 1.82) is 0 Å². The first-order valence-corrected chi connectivity index (χ1v) is 3.05. The van der Waals surface area contributed by atoms with Crippen molar-refractivity contribution in [3.63, 3.8) is 0 Å². The zero-order valence-corrected chi connectivity index (χ0v) is 5.75. The zero-order chi connectivity index (χ0) is 8.10. The van der Waals surface area contributed by atoms with E-state index in [9.17, 15) is 0 Å². The van der Waals surface area contributed by atoms with Gasteiger partial charge in [0.2, 0.25) is 0 Å². The van der Waals surface area contributed by atoms with Crippen LogP contribution < -0.4 is 5.06 Å². The van der Waals surface area contributed by atoms with Crippen molar-refractivity contribution >= 4 is 12.0 Å². The molecule has 4 heteroatoms. The van der Waals surface area contributed by atoms with Crippen LogP contribution in [-0.4, -0.2) is 16.8 Å². The van der Waals surface area contributed by atoms with E-state index < -0.39 is 0 Å². The van der Waals surface area contributed by atoms with E-state index >= 15 is 0 Å². The molecule has 1 aromatic rings. The predicted molar refractivity (Wildman–Crippen MR) is 41.0 cm³/mol. The van der Waals surface area contributed by atoms with Crippen molar-refractivity contribution in [3.05, 3.63) is 30.3 Å². The quantitative estimate of drug-likeness (QED) is 0.290. The minimum absolute atomic E-state index is 0.547. The molecule has 0 heterocycles. The first-order chi connectivity index (χ1) is 5.34. The highest BCUT2D eigenvalue weighted by molar-refractivity contribution is 5.75. The number of hydrogen-bond acceptors (Lipinski definition) is 3. The molecule has 0 amide bonds. The Balaban J connectivity index is 2.76. The SMILES string of the molecule is ON=CN(O)c1ccccc1. The average Bonchev–Trinajstić information content (AvgIpc) is 2.07. The number of oxime groups is 1. The van der Waals surface area contributed by atoms with E-state index in [-0.39, 0.29) is 0 Å². The van der Waals surface area contributed by atoms with E-state index in [2.05, 4.69) is 5.16 Å². The maximum atomic E-state index is 9.04. The molecule has 0 aliphatic rings. The highest BCUT2D eigenvalue weighted by Crippen LogP contribution is 2.07. The number of para-hydroxylation sites is 1. The van der Waals surface area contributed by atoms with E-state index in [1.807, 2.05) is 6.07 Å². The number of nitrogens with zero attached hydrogens (tertiary/aromatic N) is 2. The number of rotatable bonds is 2. The van der Waals surface area contributed by atoms with Gasteiger partial charge in [-0.25, -0.2) is 5.06 Å². The summed E-state index contributed by atoms with van der Waals surface area (Å²) in [4.78, 5) is 0. The predicted octanol–water partition coefficient (Wildman–Crippen LogP) is 1.30. The van der Waals surface area contributed by atoms with Gasteiger partial charge >= 0.3 is 0 Å². The molecule has 0 aliphatic heterocycles. The molecule has 0 spiro atoms.